The molecule has 0 radical (unpaired) electrons. The average Bonchev–Trinajstić information content (AvgIpc) is 3.76. The Morgan fingerprint density at radius 2 is 1.65 bits per heavy atom. The number of aliphatic hydroxyl groups excluding tert-OH is 2. The van der Waals surface area contributed by atoms with Gasteiger partial charge in [0.1, 0.15) is 36.3 Å². The van der Waals surface area contributed by atoms with E-state index in [2.05, 4.69) is 34.4 Å². The molecule has 2 fully saturated rings. The number of aromatic nitrogens is 8. The summed E-state index contributed by atoms with van der Waals surface area (Å²) in [5.74, 6) is 0.0224. The standard InChI is InChI=1S/C21H28N10O13P2/c1-39-18-12-17(28-21(23)29-18)31(7-27-12)19-9(32)2-8(42-19)3-41-46(37,38)44-14-10(4-40-45(34,35)36)43-20(13(14)33)30-6-26-11-15(22)24-5-25-16(11)30/h5-10,13-14,19-20,32-33H,2-4H2,1H3,(H,37,38)(H2,22,24,25)(H2,23,28,29)(H2,34,35,36)/t8?,9-,10?,13-,14?,19-,20-/m1/s1. The molecular formula is C21H28N10O13P2. The van der Waals surface area contributed by atoms with Crippen LogP contribution in [0.3, 0.4) is 0 Å². The zero-order valence-electron chi connectivity index (χ0n) is 23.5. The molecule has 2 saturated heterocycles. The van der Waals surface area contributed by atoms with Crippen LogP contribution in [0.2, 0.25) is 0 Å². The topological polar surface area (TPSA) is 330 Å². The molecule has 23 nitrogen and oxygen atoms in total. The highest BCUT2D eigenvalue weighted by molar-refractivity contribution is 7.47. The highest BCUT2D eigenvalue weighted by atomic mass is 31.2. The second-order valence-electron chi connectivity index (χ2n) is 10.1. The SMILES string of the molecule is COc1nc(N)nc2c1ncn2[C@@H]1OC(COP(=O)(O)OC2C(COP(=O)(O)O)O[C@@H](n3cnc4c(N)ncnc43)[C@@H]2O)C[C@H]1O. The van der Waals surface area contributed by atoms with Gasteiger partial charge in [0.2, 0.25) is 11.8 Å². The number of imidazole rings is 2. The van der Waals surface area contributed by atoms with E-state index in [1.807, 2.05) is 0 Å². The van der Waals surface area contributed by atoms with Gasteiger partial charge in [0.05, 0.1) is 39.1 Å². The number of anilines is 2. The van der Waals surface area contributed by atoms with E-state index in [1.54, 1.807) is 0 Å². The van der Waals surface area contributed by atoms with Crippen LogP contribution < -0.4 is 16.2 Å². The lowest BCUT2D eigenvalue weighted by molar-refractivity contribution is -0.0556. The molecule has 8 atom stereocenters. The van der Waals surface area contributed by atoms with Gasteiger partial charge in [0.25, 0.3) is 0 Å². The van der Waals surface area contributed by atoms with E-state index in [1.165, 1.54) is 28.9 Å². The first-order chi connectivity index (χ1) is 21.7. The molecule has 0 aliphatic carbocycles. The molecule has 9 N–H and O–H groups in total. The number of methoxy groups -OCH3 is 1. The van der Waals surface area contributed by atoms with Gasteiger partial charge in [-0.05, 0) is 0 Å². The summed E-state index contributed by atoms with van der Waals surface area (Å²) >= 11 is 0. The third-order valence-electron chi connectivity index (χ3n) is 7.10. The summed E-state index contributed by atoms with van der Waals surface area (Å²) in [6.07, 6.45) is -5.81. The number of hydrogen-bond acceptors (Lipinski definition) is 18. The highest BCUT2D eigenvalue weighted by Crippen LogP contribution is 2.50. The first kappa shape index (κ1) is 32.5. The number of ether oxygens (including phenoxy) is 3. The lowest BCUT2D eigenvalue weighted by atomic mass is 10.1. The Morgan fingerprint density at radius 3 is 2.37 bits per heavy atom. The van der Waals surface area contributed by atoms with Crippen LogP contribution in [0.5, 0.6) is 5.88 Å². The predicted molar refractivity (Wildman–Crippen MR) is 149 cm³/mol. The van der Waals surface area contributed by atoms with E-state index >= 15 is 0 Å². The van der Waals surface area contributed by atoms with Crippen LogP contribution in [0.25, 0.3) is 22.3 Å². The fourth-order valence-corrected chi connectivity index (χ4v) is 6.45. The summed E-state index contributed by atoms with van der Waals surface area (Å²) in [5, 5.41) is 21.8. The Hall–Kier alpha value is -3.44. The maximum absolute atomic E-state index is 13.1. The maximum Gasteiger partial charge on any atom is 0.472 e. The van der Waals surface area contributed by atoms with Crippen molar-refractivity contribution in [2.24, 2.45) is 0 Å². The highest BCUT2D eigenvalue weighted by Gasteiger charge is 2.50. The third kappa shape index (κ3) is 6.40. The largest absolute Gasteiger partial charge is 0.479 e. The zero-order valence-corrected chi connectivity index (χ0v) is 25.3. The number of rotatable bonds is 11. The summed E-state index contributed by atoms with van der Waals surface area (Å²) in [6, 6.07) is 0. The van der Waals surface area contributed by atoms with Gasteiger partial charge in [0, 0.05) is 6.42 Å². The minimum absolute atomic E-state index is 0.0264. The Balaban J connectivity index is 1.15. The van der Waals surface area contributed by atoms with Gasteiger partial charge in [-0.2, -0.15) is 9.97 Å². The van der Waals surface area contributed by atoms with E-state index in [-0.39, 0.29) is 46.4 Å². The Bertz CT molecular complexity index is 1840. The van der Waals surface area contributed by atoms with Gasteiger partial charge in [-0.1, -0.05) is 0 Å². The Kier molecular flexibility index (Phi) is 8.69. The Morgan fingerprint density at radius 1 is 0.935 bits per heavy atom. The van der Waals surface area contributed by atoms with Crippen molar-refractivity contribution < 1.29 is 61.8 Å². The number of phosphoric ester groups is 2. The lowest BCUT2D eigenvalue weighted by Gasteiger charge is -2.24. The molecule has 46 heavy (non-hydrogen) atoms. The van der Waals surface area contributed by atoms with Crippen molar-refractivity contribution in [2.45, 2.75) is 49.4 Å². The van der Waals surface area contributed by atoms with Gasteiger partial charge < -0.3 is 50.6 Å². The van der Waals surface area contributed by atoms with Crippen molar-refractivity contribution in [1.82, 2.24) is 39.0 Å². The number of nitrogen functional groups attached to an aromatic ring is 2. The van der Waals surface area contributed by atoms with Gasteiger partial charge in [-0.25, -0.2) is 29.1 Å². The van der Waals surface area contributed by atoms with Crippen LogP contribution in [-0.2, 0) is 32.2 Å². The van der Waals surface area contributed by atoms with Gasteiger partial charge in [-0.15, -0.1) is 0 Å². The molecule has 25 heteroatoms. The normalized spacial score (nSPS) is 28.3. The lowest BCUT2D eigenvalue weighted by Crippen LogP contribution is -2.36. The van der Waals surface area contributed by atoms with Crippen molar-refractivity contribution in [1.29, 1.82) is 0 Å². The molecule has 0 aromatic carbocycles. The van der Waals surface area contributed by atoms with Crippen LogP contribution in [0.15, 0.2) is 19.0 Å². The summed E-state index contributed by atoms with van der Waals surface area (Å²) < 4.78 is 58.7. The van der Waals surface area contributed by atoms with Crippen molar-refractivity contribution in [3.05, 3.63) is 19.0 Å². The van der Waals surface area contributed by atoms with Gasteiger partial charge in [-0.3, -0.25) is 22.7 Å². The van der Waals surface area contributed by atoms with E-state index in [9.17, 15) is 34.0 Å². The summed E-state index contributed by atoms with van der Waals surface area (Å²) in [6.45, 7) is -1.42. The number of nitrogens with zero attached hydrogens (tertiary/aromatic N) is 8. The molecule has 250 valence electrons. The van der Waals surface area contributed by atoms with Crippen molar-refractivity contribution in [3.63, 3.8) is 0 Å². The van der Waals surface area contributed by atoms with Crippen molar-refractivity contribution in [2.75, 3.05) is 31.8 Å². The smallest absolute Gasteiger partial charge is 0.472 e. The summed E-state index contributed by atoms with van der Waals surface area (Å²) in [7, 11) is -8.70. The van der Waals surface area contributed by atoms with Crippen molar-refractivity contribution in [3.8, 4) is 5.88 Å². The van der Waals surface area contributed by atoms with Crippen molar-refractivity contribution >= 4 is 49.7 Å². The molecule has 4 aromatic rings. The molecule has 2 aliphatic rings. The zero-order chi connectivity index (χ0) is 33.0. The minimum Gasteiger partial charge on any atom is -0.479 e. The van der Waals surface area contributed by atoms with Gasteiger partial charge in [0.15, 0.2) is 35.1 Å². The second-order valence-corrected chi connectivity index (χ2v) is 12.8. The first-order valence-electron chi connectivity index (χ1n) is 13.2. The molecule has 0 spiro atoms. The van der Waals surface area contributed by atoms with Crippen LogP contribution in [0.4, 0.5) is 11.8 Å². The number of aliphatic hydroxyl groups is 2. The van der Waals surface area contributed by atoms with Gasteiger partial charge >= 0.3 is 15.6 Å². The molecular weight excluding hydrogens is 662 g/mol. The third-order valence-corrected chi connectivity index (χ3v) is 8.57. The second kappa shape index (κ2) is 12.3. The molecule has 6 heterocycles. The van der Waals surface area contributed by atoms with Crippen LogP contribution in [0, 0.1) is 0 Å². The molecule has 4 aromatic heterocycles. The number of phosphoric acid groups is 2. The van der Waals surface area contributed by atoms with E-state index in [0.717, 1.165) is 6.33 Å². The molecule has 0 bridgehead atoms. The van der Waals surface area contributed by atoms with Crippen LogP contribution in [0.1, 0.15) is 18.9 Å². The summed E-state index contributed by atoms with van der Waals surface area (Å²) in [4.78, 5) is 53.2. The van der Waals surface area contributed by atoms with E-state index in [4.69, 9.17) is 34.7 Å². The first-order valence-corrected chi connectivity index (χ1v) is 16.3. The Labute approximate surface area is 256 Å². The molecule has 4 unspecified atom stereocenters. The number of hydrogen-bond donors (Lipinski definition) is 7. The minimum atomic E-state index is -5.04. The predicted octanol–water partition coefficient (Wildman–Crippen LogP) is -1.64. The van der Waals surface area contributed by atoms with E-state index in [0.29, 0.717) is 0 Å². The fraction of sp³-hybridized carbons (Fsp3) is 0.524. The monoisotopic (exact) mass is 690 g/mol. The molecule has 0 amide bonds. The number of fused-ring (bicyclic) bond motifs is 2. The fourth-order valence-electron chi connectivity index (χ4n) is 5.12. The van der Waals surface area contributed by atoms with Crippen LogP contribution in [-0.4, -0.2) is 115 Å². The molecule has 2 aliphatic heterocycles. The van der Waals surface area contributed by atoms with Crippen LogP contribution >= 0.6 is 15.6 Å². The number of nitrogens with two attached hydrogens (primary N) is 2. The van der Waals surface area contributed by atoms with E-state index < -0.39 is 71.8 Å². The molecule has 6 rings (SSSR count). The molecule has 0 saturated carbocycles. The summed E-state index contributed by atoms with van der Waals surface area (Å²) in [5.41, 5.74) is 12.3. The average molecular weight is 690 g/mol. The maximum atomic E-state index is 13.1. The quantitative estimate of drug-likeness (QED) is 0.0867.